The van der Waals surface area contributed by atoms with Crippen molar-refractivity contribution >= 4 is 40.6 Å². The number of hydrogen-bond donors (Lipinski definition) is 2. The standard InChI is InChI=1S/C25H23N3O3S/c1-4-17-8-10-20(11-9-17)26-25-27-23(29)22(32-25)14-19-12-15(2)28(16(19)3)21-7-5-6-18(13-21)24(30)31/h5-14H,4H2,1-3H3,(H,30,31)(H,26,27,29)/b22-14+. The molecular weight excluding hydrogens is 422 g/mol. The molecule has 2 aromatic carbocycles. The fraction of sp³-hybridized carbons (Fsp3) is 0.160. The van der Waals surface area contributed by atoms with Crippen LogP contribution in [0.5, 0.6) is 0 Å². The van der Waals surface area contributed by atoms with Crippen molar-refractivity contribution in [2.45, 2.75) is 27.2 Å². The first kappa shape index (κ1) is 21.6. The number of nitrogens with one attached hydrogen (secondary N) is 1. The summed E-state index contributed by atoms with van der Waals surface area (Å²) >= 11 is 1.31. The number of benzene rings is 2. The van der Waals surface area contributed by atoms with Crippen molar-refractivity contribution in [1.29, 1.82) is 0 Å². The summed E-state index contributed by atoms with van der Waals surface area (Å²) in [6.07, 6.45) is 2.82. The number of carbonyl (C=O) groups is 2. The van der Waals surface area contributed by atoms with Crippen molar-refractivity contribution in [1.82, 2.24) is 9.88 Å². The molecule has 0 unspecified atom stereocenters. The highest BCUT2D eigenvalue weighted by Gasteiger charge is 2.24. The maximum atomic E-state index is 12.5. The Balaban J connectivity index is 1.62. The van der Waals surface area contributed by atoms with Crippen LogP contribution in [-0.4, -0.2) is 26.7 Å². The van der Waals surface area contributed by atoms with Gasteiger partial charge in [0.25, 0.3) is 5.91 Å². The van der Waals surface area contributed by atoms with E-state index in [2.05, 4.69) is 17.2 Å². The quantitative estimate of drug-likeness (QED) is 0.526. The van der Waals surface area contributed by atoms with Crippen LogP contribution in [0.15, 0.2) is 64.5 Å². The second-order valence-corrected chi connectivity index (χ2v) is 8.55. The smallest absolute Gasteiger partial charge is 0.335 e. The Labute approximate surface area is 190 Å². The van der Waals surface area contributed by atoms with E-state index < -0.39 is 5.97 Å². The van der Waals surface area contributed by atoms with Crippen LogP contribution in [0.3, 0.4) is 0 Å². The number of aromatic nitrogens is 1. The lowest BCUT2D eigenvalue weighted by molar-refractivity contribution is -0.115. The minimum atomic E-state index is -0.966. The van der Waals surface area contributed by atoms with Crippen molar-refractivity contribution in [2.24, 2.45) is 4.99 Å². The van der Waals surface area contributed by atoms with Gasteiger partial charge < -0.3 is 15.0 Å². The van der Waals surface area contributed by atoms with E-state index in [-0.39, 0.29) is 11.5 Å². The van der Waals surface area contributed by atoms with Gasteiger partial charge in [-0.3, -0.25) is 4.79 Å². The molecule has 2 N–H and O–H groups in total. The van der Waals surface area contributed by atoms with E-state index in [9.17, 15) is 14.7 Å². The minimum Gasteiger partial charge on any atom is -0.478 e. The molecule has 7 heteroatoms. The number of carboxylic acids is 1. The highest BCUT2D eigenvalue weighted by atomic mass is 32.2. The van der Waals surface area contributed by atoms with Crippen molar-refractivity contribution in [3.63, 3.8) is 0 Å². The van der Waals surface area contributed by atoms with Gasteiger partial charge in [-0.15, -0.1) is 0 Å². The van der Waals surface area contributed by atoms with Gasteiger partial charge in [-0.1, -0.05) is 25.1 Å². The Morgan fingerprint density at radius 2 is 1.91 bits per heavy atom. The topological polar surface area (TPSA) is 83.7 Å². The molecule has 32 heavy (non-hydrogen) atoms. The summed E-state index contributed by atoms with van der Waals surface area (Å²) in [7, 11) is 0. The molecule has 2 heterocycles. The summed E-state index contributed by atoms with van der Waals surface area (Å²) in [4.78, 5) is 29.0. The predicted octanol–water partition coefficient (Wildman–Crippen LogP) is 5.25. The summed E-state index contributed by atoms with van der Waals surface area (Å²) in [6.45, 7) is 6.01. The number of thioether (sulfide) groups is 1. The molecule has 0 aliphatic carbocycles. The molecule has 0 bridgehead atoms. The maximum Gasteiger partial charge on any atom is 0.335 e. The molecule has 162 valence electrons. The van der Waals surface area contributed by atoms with Crippen LogP contribution in [0.1, 0.15) is 39.8 Å². The largest absolute Gasteiger partial charge is 0.478 e. The molecule has 1 aliphatic rings. The van der Waals surface area contributed by atoms with E-state index in [0.29, 0.717) is 10.1 Å². The first-order valence-electron chi connectivity index (χ1n) is 10.3. The zero-order valence-corrected chi connectivity index (χ0v) is 18.9. The molecule has 3 aromatic rings. The van der Waals surface area contributed by atoms with Gasteiger partial charge >= 0.3 is 5.97 Å². The monoisotopic (exact) mass is 445 g/mol. The van der Waals surface area contributed by atoms with E-state index in [0.717, 1.165) is 34.7 Å². The second kappa shape index (κ2) is 8.88. The summed E-state index contributed by atoms with van der Waals surface area (Å²) in [5.41, 5.74) is 5.80. The Kier molecular flexibility index (Phi) is 6.01. The number of aliphatic imine (C=N–C) groups is 1. The summed E-state index contributed by atoms with van der Waals surface area (Å²) in [5, 5.41) is 12.7. The average Bonchev–Trinajstić information content (AvgIpc) is 3.26. The lowest BCUT2D eigenvalue weighted by atomic mass is 10.2. The Morgan fingerprint density at radius 3 is 2.59 bits per heavy atom. The van der Waals surface area contributed by atoms with Gasteiger partial charge in [0.05, 0.1) is 16.2 Å². The Morgan fingerprint density at radius 1 is 1.16 bits per heavy atom. The lowest BCUT2D eigenvalue weighted by Gasteiger charge is -2.10. The fourth-order valence-electron chi connectivity index (χ4n) is 3.65. The SMILES string of the molecule is CCc1ccc(N=C2NC(=O)/C(=C\c3cc(C)n(-c4cccc(C(=O)O)c4)c3C)S2)cc1. The molecule has 4 rings (SSSR count). The predicted molar refractivity (Wildman–Crippen MR) is 129 cm³/mol. The second-order valence-electron chi connectivity index (χ2n) is 7.52. The third kappa shape index (κ3) is 4.38. The molecule has 0 spiro atoms. The normalized spacial score (nSPS) is 16.0. The summed E-state index contributed by atoms with van der Waals surface area (Å²) < 4.78 is 1.99. The first-order chi connectivity index (χ1) is 15.4. The van der Waals surface area contributed by atoms with E-state index >= 15 is 0 Å². The number of rotatable bonds is 5. The van der Waals surface area contributed by atoms with E-state index in [1.54, 1.807) is 18.2 Å². The molecular formula is C25H23N3O3S. The van der Waals surface area contributed by atoms with Gasteiger partial charge in [0, 0.05) is 17.1 Å². The highest BCUT2D eigenvalue weighted by molar-refractivity contribution is 8.18. The summed E-state index contributed by atoms with van der Waals surface area (Å²) in [6, 6.07) is 16.8. The summed E-state index contributed by atoms with van der Waals surface area (Å²) in [5.74, 6) is -1.15. The maximum absolute atomic E-state index is 12.5. The molecule has 0 saturated carbocycles. The number of aryl methyl sites for hydroxylation is 2. The molecule has 1 amide bonds. The molecule has 1 saturated heterocycles. The number of amidine groups is 1. The average molecular weight is 446 g/mol. The number of hydrogen-bond acceptors (Lipinski definition) is 4. The number of carbonyl (C=O) groups excluding carboxylic acids is 1. The molecule has 0 atom stereocenters. The van der Waals surface area contributed by atoms with Crippen LogP contribution in [0.25, 0.3) is 11.8 Å². The molecule has 0 radical (unpaired) electrons. The molecule has 1 fully saturated rings. The Hall–Kier alpha value is -3.58. The van der Waals surface area contributed by atoms with Gasteiger partial charge in [0.15, 0.2) is 5.17 Å². The van der Waals surface area contributed by atoms with E-state index in [4.69, 9.17) is 0 Å². The van der Waals surface area contributed by atoms with Gasteiger partial charge in [0.1, 0.15) is 0 Å². The molecule has 6 nitrogen and oxygen atoms in total. The van der Waals surface area contributed by atoms with Crippen LogP contribution in [-0.2, 0) is 11.2 Å². The lowest BCUT2D eigenvalue weighted by Crippen LogP contribution is -2.19. The number of aromatic carboxylic acids is 1. The third-order valence-electron chi connectivity index (χ3n) is 5.33. The fourth-order valence-corrected chi connectivity index (χ4v) is 4.49. The zero-order chi connectivity index (χ0) is 22.8. The van der Waals surface area contributed by atoms with Crippen LogP contribution in [0.4, 0.5) is 5.69 Å². The minimum absolute atomic E-state index is 0.184. The zero-order valence-electron chi connectivity index (χ0n) is 18.0. The van der Waals surface area contributed by atoms with Crippen molar-refractivity contribution in [3.8, 4) is 5.69 Å². The number of nitrogens with zero attached hydrogens (tertiary/aromatic N) is 2. The van der Waals surface area contributed by atoms with Gasteiger partial charge in [-0.25, -0.2) is 9.79 Å². The van der Waals surface area contributed by atoms with Gasteiger partial charge in [0.2, 0.25) is 0 Å². The van der Waals surface area contributed by atoms with Crippen LogP contribution < -0.4 is 5.32 Å². The molecule has 1 aliphatic heterocycles. The number of carboxylic acid groups (broad SMARTS) is 1. The van der Waals surface area contributed by atoms with Gasteiger partial charge in [-0.2, -0.15) is 0 Å². The Bertz CT molecular complexity index is 1270. The highest BCUT2D eigenvalue weighted by Crippen LogP contribution is 2.30. The third-order valence-corrected chi connectivity index (χ3v) is 6.24. The van der Waals surface area contributed by atoms with Crippen molar-refractivity contribution < 1.29 is 14.7 Å². The number of amides is 1. The first-order valence-corrected chi connectivity index (χ1v) is 11.1. The molecule has 1 aromatic heterocycles. The van der Waals surface area contributed by atoms with Crippen molar-refractivity contribution in [2.75, 3.05) is 0 Å². The van der Waals surface area contributed by atoms with E-state index in [1.807, 2.05) is 60.9 Å². The van der Waals surface area contributed by atoms with Crippen molar-refractivity contribution in [3.05, 3.63) is 87.6 Å². The van der Waals surface area contributed by atoms with Crippen LogP contribution >= 0.6 is 11.8 Å². The van der Waals surface area contributed by atoms with Gasteiger partial charge in [-0.05, 0) is 85.6 Å². The van der Waals surface area contributed by atoms with E-state index in [1.165, 1.54) is 17.3 Å². The van der Waals surface area contributed by atoms with Crippen LogP contribution in [0.2, 0.25) is 0 Å². The van der Waals surface area contributed by atoms with Crippen LogP contribution in [0, 0.1) is 13.8 Å².